The first-order valence-electron chi connectivity index (χ1n) is 6.56. The molecule has 0 saturated heterocycles. The molecule has 122 valence electrons. The van der Waals surface area contributed by atoms with Gasteiger partial charge in [0, 0.05) is 11.0 Å². The van der Waals surface area contributed by atoms with E-state index in [0.29, 0.717) is 10.2 Å². The Kier molecular flexibility index (Phi) is 5.38. The first kappa shape index (κ1) is 17.4. The zero-order valence-corrected chi connectivity index (χ0v) is 14.2. The lowest BCUT2D eigenvalue weighted by Crippen LogP contribution is -2.33. The molecule has 0 aromatic heterocycles. The van der Waals surface area contributed by atoms with Gasteiger partial charge in [0.1, 0.15) is 5.82 Å². The molecule has 2 aromatic carbocycles. The molecule has 0 aliphatic heterocycles. The van der Waals surface area contributed by atoms with Crippen LogP contribution in [0.5, 0.6) is 0 Å². The van der Waals surface area contributed by atoms with Crippen LogP contribution in [0.4, 0.5) is 10.1 Å². The Hall–Kier alpha value is -1.93. The summed E-state index contributed by atoms with van der Waals surface area (Å²) in [6.45, 7) is -0.231. The minimum atomic E-state index is -4.00. The lowest BCUT2D eigenvalue weighted by Gasteiger charge is -2.24. The minimum Gasteiger partial charge on any atom is -0.481 e. The van der Waals surface area contributed by atoms with Crippen molar-refractivity contribution in [2.45, 2.75) is 11.3 Å². The van der Waals surface area contributed by atoms with Gasteiger partial charge in [0.15, 0.2) is 0 Å². The fraction of sp³-hybridized carbons (Fsp3) is 0.133. The SMILES string of the molecule is O=C(O)CCN(c1cccc(Br)c1)S(=O)(=O)c1ccc(F)cc1. The second-order valence-electron chi connectivity index (χ2n) is 4.65. The van der Waals surface area contributed by atoms with Crippen molar-refractivity contribution in [1.82, 2.24) is 0 Å². The van der Waals surface area contributed by atoms with Gasteiger partial charge >= 0.3 is 5.97 Å². The number of benzene rings is 2. The maximum atomic E-state index is 13.0. The van der Waals surface area contributed by atoms with Gasteiger partial charge in [-0.1, -0.05) is 22.0 Å². The molecule has 0 amide bonds. The molecule has 0 saturated carbocycles. The molecule has 0 unspecified atom stereocenters. The summed E-state index contributed by atoms with van der Waals surface area (Å²) >= 11 is 3.26. The largest absolute Gasteiger partial charge is 0.481 e. The van der Waals surface area contributed by atoms with Crippen molar-refractivity contribution in [3.8, 4) is 0 Å². The fourth-order valence-electron chi connectivity index (χ4n) is 1.95. The molecule has 0 aliphatic rings. The molecule has 0 heterocycles. The van der Waals surface area contributed by atoms with Crippen LogP contribution in [0.25, 0.3) is 0 Å². The van der Waals surface area contributed by atoms with Gasteiger partial charge in [-0.15, -0.1) is 0 Å². The highest BCUT2D eigenvalue weighted by molar-refractivity contribution is 9.10. The van der Waals surface area contributed by atoms with Crippen LogP contribution in [0.1, 0.15) is 6.42 Å². The highest BCUT2D eigenvalue weighted by Crippen LogP contribution is 2.26. The van der Waals surface area contributed by atoms with E-state index in [2.05, 4.69) is 15.9 Å². The molecule has 0 bridgehead atoms. The number of hydrogen-bond donors (Lipinski definition) is 1. The average Bonchev–Trinajstić information content (AvgIpc) is 2.47. The van der Waals surface area contributed by atoms with Gasteiger partial charge in [-0.25, -0.2) is 12.8 Å². The van der Waals surface area contributed by atoms with Crippen LogP contribution in [0.3, 0.4) is 0 Å². The molecule has 0 fully saturated rings. The smallest absolute Gasteiger partial charge is 0.305 e. The number of nitrogens with zero attached hydrogens (tertiary/aromatic N) is 1. The second-order valence-corrected chi connectivity index (χ2v) is 7.43. The van der Waals surface area contributed by atoms with E-state index in [1.165, 1.54) is 0 Å². The zero-order valence-electron chi connectivity index (χ0n) is 11.8. The Morgan fingerprint density at radius 1 is 1.17 bits per heavy atom. The maximum Gasteiger partial charge on any atom is 0.305 e. The number of anilines is 1. The van der Waals surface area contributed by atoms with Crippen molar-refractivity contribution in [3.63, 3.8) is 0 Å². The fourth-order valence-corrected chi connectivity index (χ4v) is 3.79. The van der Waals surface area contributed by atoms with Crippen molar-refractivity contribution >= 4 is 37.6 Å². The van der Waals surface area contributed by atoms with Gasteiger partial charge in [0.05, 0.1) is 17.0 Å². The number of carbonyl (C=O) groups is 1. The number of carboxylic acid groups (broad SMARTS) is 1. The number of carboxylic acids is 1. The standard InChI is InChI=1S/C15H13BrFNO4S/c16-11-2-1-3-13(10-11)18(9-8-15(19)20)23(21,22)14-6-4-12(17)5-7-14/h1-7,10H,8-9H2,(H,19,20). The van der Waals surface area contributed by atoms with Gasteiger partial charge < -0.3 is 5.11 Å². The van der Waals surface area contributed by atoms with Crippen LogP contribution in [0, 0.1) is 5.82 Å². The molecule has 0 aliphatic carbocycles. The predicted molar refractivity (Wildman–Crippen MR) is 87.3 cm³/mol. The van der Waals surface area contributed by atoms with E-state index in [1.807, 2.05) is 0 Å². The molecule has 2 rings (SSSR count). The molecule has 0 radical (unpaired) electrons. The van der Waals surface area contributed by atoms with Crippen molar-refractivity contribution in [3.05, 3.63) is 58.8 Å². The minimum absolute atomic E-state index is 0.107. The summed E-state index contributed by atoms with van der Waals surface area (Å²) in [5, 5.41) is 8.86. The lowest BCUT2D eigenvalue weighted by molar-refractivity contribution is -0.136. The molecular weight excluding hydrogens is 389 g/mol. The van der Waals surface area contributed by atoms with Crippen LogP contribution >= 0.6 is 15.9 Å². The molecule has 5 nitrogen and oxygen atoms in total. The summed E-state index contributed by atoms with van der Waals surface area (Å²) in [5.74, 6) is -1.66. The van der Waals surface area contributed by atoms with Crippen LogP contribution in [0.2, 0.25) is 0 Å². The third-order valence-corrected chi connectivity index (χ3v) is 5.36. The van der Waals surface area contributed by atoms with E-state index in [-0.39, 0.29) is 17.9 Å². The van der Waals surface area contributed by atoms with Crippen molar-refractivity contribution in [2.24, 2.45) is 0 Å². The predicted octanol–water partition coefficient (Wildman–Crippen LogP) is 3.26. The van der Waals surface area contributed by atoms with Crippen LogP contribution in [-0.2, 0) is 14.8 Å². The highest BCUT2D eigenvalue weighted by atomic mass is 79.9. The summed E-state index contributed by atoms with van der Waals surface area (Å²) in [6, 6.07) is 10.9. The maximum absolute atomic E-state index is 13.0. The summed E-state index contributed by atoms with van der Waals surface area (Å²) in [5.41, 5.74) is 0.324. The Morgan fingerprint density at radius 2 is 1.83 bits per heavy atom. The Bertz CT molecular complexity index is 808. The number of halogens is 2. The van der Waals surface area contributed by atoms with Gasteiger partial charge in [-0.2, -0.15) is 0 Å². The quantitative estimate of drug-likeness (QED) is 0.805. The third-order valence-electron chi connectivity index (χ3n) is 3.03. The van der Waals surface area contributed by atoms with E-state index >= 15 is 0 Å². The summed E-state index contributed by atoms with van der Waals surface area (Å²) in [7, 11) is -4.00. The number of sulfonamides is 1. The van der Waals surface area contributed by atoms with Gasteiger partial charge in [0.2, 0.25) is 0 Å². The molecule has 2 aromatic rings. The van der Waals surface area contributed by atoms with Gasteiger partial charge in [0.25, 0.3) is 10.0 Å². The molecule has 1 N–H and O–H groups in total. The average molecular weight is 402 g/mol. The molecule has 0 atom stereocenters. The summed E-state index contributed by atoms with van der Waals surface area (Å²) in [4.78, 5) is 10.7. The monoisotopic (exact) mass is 401 g/mol. The summed E-state index contributed by atoms with van der Waals surface area (Å²) < 4.78 is 40.2. The first-order valence-corrected chi connectivity index (χ1v) is 8.79. The molecule has 8 heteroatoms. The topological polar surface area (TPSA) is 74.7 Å². The lowest BCUT2D eigenvalue weighted by atomic mass is 10.3. The van der Waals surface area contributed by atoms with Crippen LogP contribution in [-0.4, -0.2) is 26.0 Å². The van der Waals surface area contributed by atoms with E-state index in [9.17, 15) is 17.6 Å². The van der Waals surface area contributed by atoms with E-state index in [1.54, 1.807) is 24.3 Å². The van der Waals surface area contributed by atoms with Crippen molar-refractivity contribution < 1.29 is 22.7 Å². The number of hydrogen-bond acceptors (Lipinski definition) is 3. The first-order chi connectivity index (χ1) is 10.8. The Labute approximate surface area is 141 Å². The van der Waals surface area contributed by atoms with Crippen molar-refractivity contribution in [2.75, 3.05) is 10.8 Å². The van der Waals surface area contributed by atoms with Crippen LogP contribution in [0.15, 0.2) is 57.9 Å². The van der Waals surface area contributed by atoms with Crippen LogP contribution < -0.4 is 4.31 Å². The molecule has 0 spiro atoms. The van der Waals surface area contributed by atoms with E-state index < -0.39 is 21.8 Å². The van der Waals surface area contributed by atoms with E-state index in [0.717, 1.165) is 28.6 Å². The molecule has 23 heavy (non-hydrogen) atoms. The normalized spacial score (nSPS) is 11.2. The Morgan fingerprint density at radius 3 is 2.39 bits per heavy atom. The summed E-state index contributed by atoms with van der Waals surface area (Å²) in [6.07, 6.45) is -0.354. The Balaban J connectivity index is 2.47. The van der Waals surface area contributed by atoms with Crippen molar-refractivity contribution in [1.29, 1.82) is 0 Å². The third kappa shape index (κ3) is 4.29. The van der Waals surface area contributed by atoms with E-state index in [4.69, 9.17) is 5.11 Å². The van der Waals surface area contributed by atoms with Gasteiger partial charge in [-0.3, -0.25) is 9.10 Å². The molecular formula is C15H13BrFNO4S. The number of rotatable bonds is 6. The number of aliphatic carboxylic acids is 1. The highest BCUT2D eigenvalue weighted by Gasteiger charge is 2.25. The zero-order chi connectivity index (χ0) is 17.0. The second kappa shape index (κ2) is 7.10. The van der Waals surface area contributed by atoms with Gasteiger partial charge in [-0.05, 0) is 42.5 Å².